The number of rotatable bonds is 7. The lowest BCUT2D eigenvalue weighted by molar-refractivity contribution is -0.126. The molecule has 0 heterocycles. The van der Waals surface area contributed by atoms with E-state index in [2.05, 4.69) is 16.0 Å². The molecule has 0 unspecified atom stereocenters. The fourth-order valence-electron chi connectivity index (χ4n) is 2.48. The molecule has 2 aliphatic carbocycles. The second kappa shape index (κ2) is 9.19. The monoisotopic (exact) mass is 303 g/mol. The Balaban J connectivity index is 0.00000200. The lowest BCUT2D eigenvalue weighted by Gasteiger charge is -2.22. The molecule has 2 saturated carbocycles. The first kappa shape index (κ1) is 17.2. The minimum atomic E-state index is -0.0977. The first-order chi connectivity index (χ1) is 9.24. The van der Waals surface area contributed by atoms with E-state index in [1.54, 1.807) is 0 Å². The molecule has 0 bridgehead atoms. The van der Waals surface area contributed by atoms with Crippen LogP contribution in [0.2, 0.25) is 0 Å². The van der Waals surface area contributed by atoms with Crippen LogP contribution in [0.25, 0.3) is 0 Å². The van der Waals surface area contributed by atoms with Crippen LogP contribution in [0.1, 0.15) is 44.9 Å². The zero-order chi connectivity index (χ0) is 13.5. The SMILES string of the molecule is Cl.O=C(CNCC1CC1)NCC(=O)NC1CCCCC1. The second-order valence-electron chi connectivity index (χ2n) is 5.75. The van der Waals surface area contributed by atoms with Crippen LogP contribution < -0.4 is 16.0 Å². The Labute approximate surface area is 127 Å². The summed E-state index contributed by atoms with van der Waals surface area (Å²) in [6.07, 6.45) is 8.36. The van der Waals surface area contributed by atoms with Crippen molar-refractivity contribution in [3.63, 3.8) is 0 Å². The predicted octanol–water partition coefficient (Wildman–Crippen LogP) is 0.973. The summed E-state index contributed by atoms with van der Waals surface area (Å²) in [5.74, 6) is 0.601. The molecule has 2 aliphatic rings. The van der Waals surface area contributed by atoms with Crippen molar-refractivity contribution in [1.82, 2.24) is 16.0 Å². The molecule has 20 heavy (non-hydrogen) atoms. The van der Waals surface area contributed by atoms with Crippen LogP contribution in [0.5, 0.6) is 0 Å². The van der Waals surface area contributed by atoms with Crippen LogP contribution in [0.15, 0.2) is 0 Å². The van der Waals surface area contributed by atoms with Crippen LogP contribution in [-0.4, -0.2) is 37.5 Å². The molecular weight excluding hydrogens is 278 g/mol. The van der Waals surface area contributed by atoms with Crippen molar-refractivity contribution in [3.05, 3.63) is 0 Å². The van der Waals surface area contributed by atoms with Crippen molar-refractivity contribution in [3.8, 4) is 0 Å². The molecule has 0 radical (unpaired) electrons. The standard InChI is InChI=1S/C14H25N3O2.ClH/c18-13(9-15-8-11-6-7-11)16-10-14(19)17-12-4-2-1-3-5-12;/h11-12,15H,1-10H2,(H,16,18)(H,17,19);1H. The molecule has 116 valence electrons. The molecule has 0 aliphatic heterocycles. The van der Waals surface area contributed by atoms with Gasteiger partial charge in [0, 0.05) is 6.04 Å². The number of amides is 2. The molecule has 0 aromatic rings. The number of halogens is 1. The predicted molar refractivity (Wildman–Crippen MR) is 80.9 cm³/mol. The summed E-state index contributed by atoms with van der Waals surface area (Å²) < 4.78 is 0. The Kier molecular flexibility index (Phi) is 7.92. The van der Waals surface area contributed by atoms with Crippen molar-refractivity contribution in [2.45, 2.75) is 51.0 Å². The molecule has 0 aromatic carbocycles. The van der Waals surface area contributed by atoms with Crippen LogP contribution in [-0.2, 0) is 9.59 Å². The van der Waals surface area contributed by atoms with Gasteiger partial charge >= 0.3 is 0 Å². The van der Waals surface area contributed by atoms with Gasteiger partial charge in [0.1, 0.15) is 0 Å². The molecule has 2 rings (SSSR count). The molecular formula is C14H26ClN3O2. The topological polar surface area (TPSA) is 70.2 Å². The van der Waals surface area contributed by atoms with E-state index in [0.29, 0.717) is 12.6 Å². The van der Waals surface area contributed by atoms with Gasteiger partial charge < -0.3 is 16.0 Å². The van der Waals surface area contributed by atoms with Gasteiger partial charge in [-0.25, -0.2) is 0 Å². The largest absolute Gasteiger partial charge is 0.352 e. The Morgan fingerprint density at radius 2 is 1.60 bits per heavy atom. The van der Waals surface area contributed by atoms with Crippen LogP contribution >= 0.6 is 12.4 Å². The van der Waals surface area contributed by atoms with Gasteiger partial charge in [0.2, 0.25) is 11.8 Å². The van der Waals surface area contributed by atoms with Gasteiger partial charge in [-0.2, -0.15) is 0 Å². The highest BCUT2D eigenvalue weighted by Gasteiger charge is 2.20. The van der Waals surface area contributed by atoms with E-state index in [0.717, 1.165) is 25.3 Å². The maximum atomic E-state index is 11.7. The third-order valence-corrected chi connectivity index (χ3v) is 3.83. The van der Waals surface area contributed by atoms with E-state index in [-0.39, 0.29) is 30.8 Å². The fourth-order valence-corrected chi connectivity index (χ4v) is 2.48. The number of nitrogens with one attached hydrogen (secondary N) is 3. The minimum absolute atomic E-state index is 0. The normalized spacial score (nSPS) is 19.0. The Morgan fingerprint density at radius 1 is 0.900 bits per heavy atom. The van der Waals surface area contributed by atoms with Gasteiger partial charge in [-0.05, 0) is 38.1 Å². The smallest absolute Gasteiger partial charge is 0.239 e. The van der Waals surface area contributed by atoms with Crippen LogP contribution in [0.4, 0.5) is 0 Å². The van der Waals surface area contributed by atoms with E-state index in [4.69, 9.17) is 0 Å². The fraction of sp³-hybridized carbons (Fsp3) is 0.857. The Bertz CT molecular complexity index is 316. The van der Waals surface area contributed by atoms with E-state index < -0.39 is 0 Å². The van der Waals surface area contributed by atoms with E-state index >= 15 is 0 Å². The lowest BCUT2D eigenvalue weighted by atomic mass is 9.95. The molecule has 5 nitrogen and oxygen atoms in total. The average molecular weight is 304 g/mol. The average Bonchev–Trinajstić information content (AvgIpc) is 3.22. The maximum absolute atomic E-state index is 11.7. The molecule has 0 aromatic heterocycles. The van der Waals surface area contributed by atoms with Gasteiger partial charge in [-0.3, -0.25) is 9.59 Å². The van der Waals surface area contributed by atoms with Gasteiger partial charge in [0.15, 0.2) is 0 Å². The first-order valence-electron chi connectivity index (χ1n) is 7.51. The molecule has 2 amide bonds. The molecule has 0 saturated heterocycles. The summed E-state index contributed by atoms with van der Waals surface area (Å²) in [6.45, 7) is 1.33. The Hall–Kier alpha value is -0.810. The van der Waals surface area contributed by atoms with E-state index in [1.807, 2.05) is 0 Å². The molecule has 3 N–H and O–H groups in total. The summed E-state index contributed by atoms with van der Waals surface area (Å²) in [4.78, 5) is 23.1. The van der Waals surface area contributed by atoms with E-state index in [9.17, 15) is 9.59 Å². The number of hydrogen-bond donors (Lipinski definition) is 3. The molecule has 6 heteroatoms. The second-order valence-corrected chi connectivity index (χ2v) is 5.75. The maximum Gasteiger partial charge on any atom is 0.239 e. The van der Waals surface area contributed by atoms with Crippen molar-refractivity contribution in [2.75, 3.05) is 19.6 Å². The van der Waals surface area contributed by atoms with Crippen molar-refractivity contribution >= 4 is 24.2 Å². The quantitative estimate of drug-likeness (QED) is 0.656. The Morgan fingerprint density at radius 3 is 2.25 bits per heavy atom. The van der Waals surface area contributed by atoms with E-state index in [1.165, 1.54) is 32.1 Å². The number of carbonyl (C=O) groups excluding carboxylic acids is 2. The van der Waals surface area contributed by atoms with Gasteiger partial charge in [0.25, 0.3) is 0 Å². The van der Waals surface area contributed by atoms with Crippen LogP contribution in [0, 0.1) is 5.92 Å². The number of carbonyl (C=O) groups is 2. The molecule has 2 fully saturated rings. The van der Waals surface area contributed by atoms with Gasteiger partial charge in [0.05, 0.1) is 13.1 Å². The summed E-state index contributed by atoms with van der Waals surface area (Å²) in [7, 11) is 0. The summed E-state index contributed by atoms with van der Waals surface area (Å²) in [6, 6.07) is 0.311. The third-order valence-electron chi connectivity index (χ3n) is 3.83. The van der Waals surface area contributed by atoms with Crippen molar-refractivity contribution < 1.29 is 9.59 Å². The van der Waals surface area contributed by atoms with Crippen molar-refractivity contribution in [1.29, 1.82) is 0 Å². The zero-order valence-corrected chi connectivity index (χ0v) is 12.8. The first-order valence-corrected chi connectivity index (χ1v) is 7.51. The number of hydrogen-bond acceptors (Lipinski definition) is 3. The lowest BCUT2D eigenvalue weighted by Crippen LogP contribution is -2.44. The minimum Gasteiger partial charge on any atom is -0.352 e. The molecule has 0 atom stereocenters. The van der Waals surface area contributed by atoms with Gasteiger partial charge in [-0.15, -0.1) is 12.4 Å². The summed E-state index contributed by atoms with van der Waals surface area (Å²) >= 11 is 0. The highest BCUT2D eigenvalue weighted by Crippen LogP contribution is 2.27. The summed E-state index contributed by atoms with van der Waals surface area (Å²) in [5.41, 5.74) is 0. The molecule has 0 spiro atoms. The summed E-state index contributed by atoms with van der Waals surface area (Å²) in [5, 5.41) is 8.75. The highest BCUT2D eigenvalue weighted by atomic mass is 35.5. The van der Waals surface area contributed by atoms with Crippen molar-refractivity contribution in [2.24, 2.45) is 5.92 Å². The van der Waals surface area contributed by atoms with Crippen LogP contribution in [0.3, 0.4) is 0 Å². The van der Waals surface area contributed by atoms with Gasteiger partial charge in [-0.1, -0.05) is 19.3 Å². The third kappa shape index (κ3) is 7.10. The highest BCUT2D eigenvalue weighted by molar-refractivity contribution is 5.86. The zero-order valence-electron chi connectivity index (χ0n) is 12.0.